The summed E-state index contributed by atoms with van der Waals surface area (Å²) in [6.45, 7) is 0. The van der Waals surface area contributed by atoms with Gasteiger partial charge in [0.1, 0.15) is 5.75 Å². The van der Waals surface area contributed by atoms with E-state index in [0.29, 0.717) is 25.0 Å². The molecule has 1 aliphatic rings. The number of benzene rings is 2. The fraction of sp³-hybridized carbons (Fsp3) is 0.273. The van der Waals surface area contributed by atoms with Crippen molar-refractivity contribution >= 4 is 15.8 Å². The Balaban J connectivity index is 1.50. The normalized spacial score (nSPS) is 18.6. The summed E-state index contributed by atoms with van der Waals surface area (Å²) in [5.41, 5.74) is 6.31. The van der Waals surface area contributed by atoms with E-state index in [9.17, 15) is 17.6 Å². The monoisotopic (exact) mass is 458 g/mol. The van der Waals surface area contributed by atoms with Crippen molar-refractivity contribution in [3.63, 3.8) is 0 Å². The molecule has 0 aliphatic heterocycles. The van der Waals surface area contributed by atoms with Gasteiger partial charge in [-0.15, -0.1) is 0 Å². The first-order valence-corrected chi connectivity index (χ1v) is 11.6. The minimum absolute atomic E-state index is 0.145. The van der Waals surface area contributed by atoms with Crippen molar-refractivity contribution in [2.75, 3.05) is 12.8 Å². The molecule has 168 valence electrons. The van der Waals surface area contributed by atoms with E-state index in [2.05, 4.69) is 9.71 Å². The molecular formula is C22H23FN4O4S. The predicted molar refractivity (Wildman–Crippen MR) is 118 cm³/mol. The number of aromatic nitrogens is 2. The van der Waals surface area contributed by atoms with Crippen LogP contribution in [0.4, 0.5) is 10.2 Å². The Morgan fingerprint density at radius 3 is 2.62 bits per heavy atom. The number of rotatable bonds is 6. The van der Waals surface area contributed by atoms with E-state index >= 15 is 0 Å². The van der Waals surface area contributed by atoms with E-state index in [1.54, 1.807) is 19.2 Å². The lowest BCUT2D eigenvalue weighted by atomic mass is 10.1. The molecule has 0 spiro atoms. The van der Waals surface area contributed by atoms with E-state index in [1.165, 1.54) is 10.6 Å². The minimum Gasteiger partial charge on any atom is -0.497 e. The van der Waals surface area contributed by atoms with Crippen LogP contribution in [0.15, 0.2) is 64.4 Å². The molecule has 2 aromatic carbocycles. The fourth-order valence-corrected chi connectivity index (χ4v) is 5.28. The average molecular weight is 459 g/mol. The molecule has 1 aromatic heterocycles. The van der Waals surface area contributed by atoms with Gasteiger partial charge in [0.25, 0.3) is 0 Å². The van der Waals surface area contributed by atoms with Gasteiger partial charge in [0.15, 0.2) is 11.6 Å². The summed E-state index contributed by atoms with van der Waals surface area (Å²) in [7, 11) is -2.21. The van der Waals surface area contributed by atoms with E-state index in [0.717, 1.165) is 17.3 Å². The van der Waals surface area contributed by atoms with Crippen LogP contribution in [-0.2, 0) is 10.0 Å². The summed E-state index contributed by atoms with van der Waals surface area (Å²) in [5, 5.41) is 0. The zero-order valence-electron chi connectivity index (χ0n) is 17.4. The largest absolute Gasteiger partial charge is 0.497 e. The number of nitrogens with one attached hydrogen (secondary N) is 1. The molecule has 2 atom stereocenters. The molecule has 1 heterocycles. The third kappa shape index (κ3) is 4.51. The standard InChI is InChI=1S/C22H23FN4O4S/c1-31-18-9-5-14(6-10-18)15-3-2-4-19(11-15)32(29,30)26-16-7-8-17(12-16)27-13-20(23)21(24)25-22(27)28/h2-6,9-11,13,16-17,26H,7-8,12H2,1H3,(H2,24,25,28)/t16-,17-/m0/s1. The first kappa shape index (κ1) is 22.0. The van der Waals surface area contributed by atoms with Crippen molar-refractivity contribution in [3.8, 4) is 16.9 Å². The van der Waals surface area contributed by atoms with Gasteiger partial charge < -0.3 is 10.5 Å². The molecule has 0 radical (unpaired) electrons. The lowest BCUT2D eigenvalue weighted by Crippen LogP contribution is -2.34. The zero-order chi connectivity index (χ0) is 22.9. The fourth-order valence-electron chi connectivity index (χ4n) is 3.95. The van der Waals surface area contributed by atoms with Gasteiger partial charge in [0.05, 0.1) is 12.0 Å². The SMILES string of the molecule is COc1ccc(-c2cccc(S(=O)(=O)N[C@H]3CC[C@H](n4cc(F)c(N)nc4=O)C3)c2)cc1. The third-order valence-corrected chi connectivity index (χ3v) is 7.14. The highest BCUT2D eigenvalue weighted by atomic mass is 32.2. The van der Waals surface area contributed by atoms with Gasteiger partial charge in [-0.1, -0.05) is 24.3 Å². The Hall–Kier alpha value is -3.24. The molecule has 3 aromatic rings. The van der Waals surface area contributed by atoms with Crippen LogP contribution in [0.2, 0.25) is 0 Å². The number of nitrogens with two attached hydrogens (primary N) is 1. The van der Waals surface area contributed by atoms with Crippen molar-refractivity contribution in [2.24, 2.45) is 0 Å². The van der Waals surface area contributed by atoms with E-state index in [4.69, 9.17) is 10.5 Å². The lowest BCUT2D eigenvalue weighted by Gasteiger charge is -2.16. The summed E-state index contributed by atoms with van der Waals surface area (Å²) in [5.74, 6) is -0.507. The van der Waals surface area contributed by atoms with E-state index in [-0.39, 0.29) is 17.0 Å². The van der Waals surface area contributed by atoms with Crippen LogP contribution in [0.25, 0.3) is 11.1 Å². The van der Waals surface area contributed by atoms with Crippen molar-refractivity contribution in [1.82, 2.24) is 14.3 Å². The number of anilines is 1. The Labute approximate surface area is 184 Å². The molecule has 1 fully saturated rings. The molecule has 0 saturated heterocycles. The summed E-state index contributed by atoms with van der Waals surface area (Å²) in [4.78, 5) is 15.7. The number of hydrogen-bond donors (Lipinski definition) is 2. The molecule has 0 amide bonds. The summed E-state index contributed by atoms with van der Waals surface area (Å²) >= 11 is 0. The maximum atomic E-state index is 13.8. The van der Waals surface area contributed by atoms with Crippen LogP contribution < -0.4 is 20.9 Å². The number of nitrogens with zero attached hydrogens (tertiary/aromatic N) is 2. The molecule has 1 saturated carbocycles. The molecule has 3 N–H and O–H groups in total. The zero-order valence-corrected chi connectivity index (χ0v) is 18.2. The number of sulfonamides is 1. The van der Waals surface area contributed by atoms with Gasteiger partial charge >= 0.3 is 5.69 Å². The Morgan fingerprint density at radius 2 is 1.91 bits per heavy atom. The van der Waals surface area contributed by atoms with Gasteiger partial charge in [-0.3, -0.25) is 4.57 Å². The Morgan fingerprint density at radius 1 is 1.16 bits per heavy atom. The maximum Gasteiger partial charge on any atom is 0.349 e. The molecule has 1 aliphatic carbocycles. The number of ether oxygens (including phenoxy) is 1. The summed E-state index contributed by atoms with van der Waals surface area (Å²) < 4.78 is 48.8. The second-order valence-electron chi connectivity index (χ2n) is 7.71. The highest BCUT2D eigenvalue weighted by Gasteiger charge is 2.31. The van der Waals surface area contributed by atoms with Gasteiger partial charge in [-0.25, -0.2) is 22.3 Å². The topological polar surface area (TPSA) is 116 Å². The molecule has 32 heavy (non-hydrogen) atoms. The maximum absolute atomic E-state index is 13.8. The van der Waals surface area contributed by atoms with Crippen LogP contribution in [0.1, 0.15) is 25.3 Å². The molecular weight excluding hydrogens is 435 g/mol. The quantitative estimate of drug-likeness (QED) is 0.587. The van der Waals surface area contributed by atoms with Crippen LogP contribution >= 0.6 is 0 Å². The minimum atomic E-state index is -3.79. The third-order valence-electron chi connectivity index (χ3n) is 5.62. The van der Waals surface area contributed by atoms with Crippen LogP contribution in [0, 0.1) is 5.82 Å². The van der Waals surface area contributed by atoms with Crippen LogP contribution in [0.3, 0.4) is 0 Å². The number of methoxy groups -OCH3 is 1. The smallest absolute Gasteiger partial charge is 0.349 e. The Bertz CT molecular complexity index is 1290. The highest BCUT2D eigenvalue weighted by molar-refractivity contribution is 7.89. The van der Waals surface area contributed by atoms with Crippen LogP contribution in [-0.4, -0.2) is 31.1 Å². The van der Waals surface area contributed by atoms with Gasteiger partial charge in [0.2, 0.25) is 10.0 Å². The highest BCUT2D eigenvalue weighted by Crippen LogP contribution is 2.31. The van der Waals surface area contributed by atoms with E-state index < -0.39 is 27.3 Å². The van der Waals surface area contributed by atoms with Gasteiger partial charge in [0, 0.05) is 18.3 Å². The van der Waals surface area contributed by atoms with Crippen molar-refractivity contribution in [2.45, 2.75) is 36.2 Å². The first-order chi connectivity index (χ1) is 15.3. The molecule has 4 rings (SSSR count). The molecule has 0 unspecified atom stereocenters. The summed E-state index contributed by atoms with van der Waals surface area (Å²) in [6, 6.07) is 13.3. The van der Waals surface area contributed by atoms with Crippen molar-refractivity contribution in [1.29, 1.82) is 0 Å². The summed E-state index contributed by atoms with van der Waals surface area (Å²) in [6.07, 6.45) is 2.41. The number of hydrogen-bond acceptors (Lipinski definition) is 6. The lowest BCUT2D eigenvalue weighted by molar-refractivity contribution is 0.415. The molecule has 8 nitrogen and oxygen atoms in total. The van der Waals surface area contributed by atoms with Gasteiger partial charge in [-0.2, -0.15) is 4.98 Å². The Kier molecular flexibility index (Phi) is 5.98. The second kappa shape index (κ2) is 8.71. The number of halogens is 1. The van der Waals surface area contributed by atoms with Crippen LogP contribution in [0.5, 0.6) is 5.75 Å². The average Bonchev–Trinajstić information content (AvgIpc) is 3.24. The number of nitrogen functional groups attached to an aromatic ring is 1. The molecule has 0 bridgehead atoms. The van der Waals surface area contributed by atoms with Gasteiger partial charge in [-0.05, 0) is 54.7 Å². The first-order valence-electron chi connectivity index (χ1n) is 10.1. The predicted octanol–water partition coefficient (Wildman–Crippen LogP) is 2.71. The molecule has 10 heteroatoms. The van der Waals surface area contributed by atoms with Crippen molar-refractivity contribution < 1.29 is 17.5 Å². The van der Waals surface area contributed by atoms with E-state index in [1.807, 2.05) is 30.3 Å². The second-order valence-corrected chi connectivity index (χ2v) is 9.42. The van der Waals surface area contributed by atoms with Crippen molar-refractivity contribution in [3.05, 3.63) is 71.0 Å².